The number of benzene rings is 1. The van der Waals surface area contributed by atoms with Crippen LogP contribution < -0.4 is 5.56 Å². The molecule has 1 aliphatic heterocycles. The third-order valence-electron chi connectivity index (χ3n) is 6.45. The van der Waals surface area contributed by atoms with Crippen LogP contribution in [-0.4, -0.2) is 72.5 Å². The van der Waals surface area contributed by atoms with Crippen molar-refractivity contribution in [2.24, 2.45) is 7.05 Å². The molecule has 4 heterocycles. The Kier molecular flexibility index (Phi) is 6.19. The van der Waals surface area contributed by atoms with Gasteiger partial charge in [-0.25, -0.2) is 4.98 Å². The van der Waals surface area contributed by atoms with E-state index in [1.807, 2.05) is 6.07 Å². The molecule has 0 unspecified atom stereocenters. The number of aromatic nitrogens is 4. The zero-order valence-electron chi connectivity index (χ0n) is 19.8. The van der Waals surface area contributed by atoms with Crippen molar-refractivity contribution in [3.05, 3.63) is 88.4 Å². The molecular formula is C26H28N6O3. The third kappa shape index (κ3) is 4.87. The lowest BCUT2D eigenvalue weighted by Crippen LogP contribution is -2.42. The molecule has 4 aromatic rings. The lowest BCUT2D eigenvalue weighted by atomic mass is 10.00. The molecule has 5 rings (SSSR count). The molecular weight excluding hydrogens is 444 g/mol. The number of carbonyl (C=O) groups excluding carboxylic acids is 1. The van der Waals surface area contributed by atoms with Gasteiger partial charge in [0.2, 0.25) is 5.56 Å². The van der Waals surface area contributed by atoms with Crippen LogP contribution in [0.1, 0.15) is 21.6 Å². The minimum atomic E-state index is -0.663. The number of pyridine rings is 1. The minimum absolute atomic E-state index is 0.0966. The number of nitrogens with zero attached hydrogens (tertiary/aromatic N) is 6. The summed E-state index contributed by atoms with van der Waals surface area (Å²) in [5.41, 5.74) is 4.85. The fraction of sp³-hybridized carbons (Fsp3) is 0.308. The molecule has 1 amide bonds. The molecule has 0 radical (unpaired) electrons. The topological polar surface area (TPSA) is 96.0 Å². The van der Waals surface area contributed by atoms with Gasteiger partial charge in [-0.2, -0.15) is 0 Å². The van der Waals surface area contributed by atoms with E-state index in [1.165, 1.54) is 26.7 Å². The molecule has 0 spiro atoms. The van der Waals surface area contributed by atoms with Crippen LogP contribution in [0.25, 0.3) is 16.9 Å². The molecule has 0 saturated carbocycles. The second-order valence-corrected chi connectivity index (χ2v) is 9.12. The number of rotatable bonds is 6. The van der Waals surface area contributed by atoms with E-state index >= 15 is 0 Å². The van der Waals surface area contributed by atoms with E-state index in [0.717, 1.165) is 25.1 Å². The summed E-state index contributed by atoms with van der Waals surface area (Å²) < 4.78 is 3.24. The second-order valence-electron chi connectivity index (χ2n) is 9.12. The first-order chi connectivity index (χ1) is 16.9. The molecule has 9 nitrogen and oxygen atoms in total. The van der Waals surface area contributed by atoms with Gasteiger partial charge in [-0.15, -0.1) is 0 Å². The average Bonchev–Trinajstić information content (AvgIpc) is 3.28. The Bertz CT molecular complexity index is 1440. The van der Waals surface area contributed by atoms with Crippen molar-refractivity contribution >= 4 is 11.6 Å². The molecule has 35 heavy (non-hydrogen) atoms. The molecule has 0 bridgehead atoms. The fourth-order valence-corrected chi connectivity index (χ4v) is 4.56. The van der Waals surface area contributed by atoms with Crippen LogP contribution in [0.3, 0.4) is 0 Å². The molecule has 0 aliphatic carbocycles. The number of fused-ring (bicyclic) bond motifs is 2. The van der Waals surface area contributed by atoms with Gasteiger partial charge in [-0.05, 0) is 23.6 Å². The number of aryl methyl sites for hydroxylation is 1. The van der Waals surface area contributed by atoms with Crippen molar-refractivity contribution in [3.63, 3.8) is 0 Å². The summed E-state index contributed by atoms with van der Waals surface area (Å²) in [6.07, 6.45) is 7.06. The number of amides is 1. The van der Waals surface area contributed by atoms with Gasteiger partial charge < -0.3 is 19.0 Å². The van der Waals surface area contributed by atoms with Crippen molar-refractivity contribution in [2.45, 2.75) is 19.1 Å². The highest BCUT2D eigenvalue weighted by atomic mass is 16.3. The van der Waals surface area contributed by atoms with Gasteiger partial charge in [0.05, 0.1) is 18.0 Å². The number of carbonyl (C=O) groups is 1. The normalized spacial score (nSPS) is 14.6. The molecule has 3 aromatic heterocycles. The summed E-state index contributed by atoms with van der Waals surface area (Å²) in [4.78, 5) is 37.2. The first kappa shape index (κ1) is 22.9. The average molecular weight is 473 g/mol. The number of imidazole rings is 1. The Morgan fingerprint density at radius 1 is 1.14 bits per heavy atom. The van der Waals surface area contributed by atoms with Gasteiger partial charge >= 0.3 is 0 Å². The summed E-state index contributed by atoms with van der Waals surface area (Å²) in [6.45, 7) is 2.42. The summed E-state index contributed by atoms with van der Waals surface area (Å²) >= 11 is 0. The van der Waals surface area contributed by atoms with Gasteiger partial charge in [0, 0.05) is 70.5 Å². The number of hydrogen-bond donors (Lipinski definition) is 1. The van der Waals surface area contributed by atoms with E-state index in [-0.39, 0.29) is 23.7 Å². The molecule has 0 saturated heterocycles. The van der Waals surface area contributed by atoms with Crippen molar-refractivity contribution in [1.29, 1.82) is 0 Å². The maximum Gasteiger partial charge on any atom is 0.273 e. The number of hydrogen-bond acceptors (Lipinski definition) is 6. The first-order valence-corrected chi connectivity index (χ1v) is 11.6. The third-order valence-corrected chi connectivity index (χ3v) is 6.45. The van der Waals surface area contributed by atoms with Crippen LogP contribution >= 0.6 is 0 Å². The van der Waals surface area contributed by atoms with Gasteiger partial charge in [-0.1, -0.05) is 24.3 Å². The zero-order chi connectivity index (χ0) is 24.5. The largest absolute Gasteiger partial charge is 0.390 e. The van der Waals surface area contributed by atoms with Crippen molar-refractivity contribution < 1.29 is 9.90 Å². The molecule has 1 aromatic carbocycles. The quantitative estimate of drug-likeness (QED) is 0.458. The van der Waals surface area contributed by atoms with E-state index < -0.39 is 6.10 Å². The monoisotopic (exact) mass is 472 g/mol. The van der Waals surface area contributed by atoms with Gasteiger partial charge in [0.15, 0.2) is 5.65 Å². The van der Waals surface area contributed by atoms with E-state index in [4.69, 9.17) is 0 Å². The maximum absolute atomic E-state index is 13.0. The van der Waals surface area contributed by atoms with Crippen molar-refractivity contribution in [3.8, 4) is 11.3 Å². The van der Waals surface area contributed by atoms with Crippen molar-refractivity contribution in [1.82, 2.24) is 28.7 Å². The first-order valence-electron chi connectivity index (χ1n) is 11.6. The Balaban J connectivity index is 1.24. The summed E-state index contributed by atoms with van der Waals surface area (Å²) in [5.74, 6) is -0.264. The van der Waals surface area contributed by atoms with Crippen LogP contribution in [-0.2, 0) is 20.0 Å². The van der Waals surface area contributed by atoms with Crippen LogP contribution in [0, 0.1) is 0 Å². The van der Waals surface area contributed by atoms with Crippen LogP contribution in [0.15, 0.2) is 66.0 Å². The SMILES string of the molecule is CN(C[C@H](O)CN1CCc2ccccc2C1)C(=O)c1cn2cc(-c3ccc(=O)n(C)c3)ncc2n1. The molecule has 9 heteroatoms. The number of likely N-dealkylation sites (N-methyl/N-ethyl adjacent to an activating group) is 1. The predicted molar refractivity (Wildman–Crippen MR) is 132 cm³/mol. The highest BCUT2D eigenvalue weighted by Gasteiger charge is 2.22. The fourth-order valence-electron chi connectivity index (χ4n) is 4.56. The van der Waals surface area contributed by atoms with Gasteiger partial charge in [0.25, 0.3) is 5.91 Å². The molecule has 1 N–H and O–H groups in total. The lowest BCUT2D eigenvalue weighted by molar-refractivity contribution is 0.0565. The highest BCUT2D eigenvalue weighted by molar-refractivity contribution is 5.92. The second kappa shape index (κ2) is 9.44. The Hall–Kier alpha value is -3.82. The number of aliphatic hydroxyl groups excluding tert-OH is 1. The van der Waals surface area contributed by atoms with Crippen LogP contribution in [0.5, 0.6) is 0 Å². The Morgan fingerprint density at radius 2 is 1.94 bits per heavy atom. The van der Waals surface area contributed by atoms with Gasteiger partial charge in [-0.3, -0.25) is 19.5 Å². The Morgan fingerprint density at radius 3 is 2.74 bits per heavy atom. The summed E-state index contributed by atoms with van der Waals surface area (Å²) in [6, 6.07) is 11.6. The van der Waals surface area contributed by atoms with E-state index in [0.29, 0.717) is 17.9 Å². The minimum Gasteiger partial charge on any atom is -0.390 e. The smallest absolute Gasteiger partial charge is 0.273 e. The van der Waals surface area contributed by atoms with Crippen molar-refractivity contribution in [2.75, 3.05) is 26.7 Å². The van der Waals surface area contributed by atoms with Crippen LogP contribution in [0.2, 0.25) is 0 Å². The predicted octanol–water partition coefficient (Wildman–Crippen LogP) is 1.59. The Labute approximate surface area is 202 Å². The molecule has 180 valence electrons. The highest BCUT2D eigenvalue weighted by Crippen LogP contribution is 2.19. The molecule has 1 aliphatic rings. The number of aliphatic hydroxyl groups is 1. The van der Waals surface area contributed by atoms with E-state index in [9.17, 15) is 14.7 Å². The number of β-amino-alcohol motifs (C(OH)–C–C–N with tert-alkyl or cyclic N) is 1. The van der Waals surface area contributed by atoms with Crippen LogP contribution in [0.4, 0.5) is 0 Å². The van der Waals surface area contributed by atoms with Gasteiger partial charge in [0.1, 0.15) is 5.69 Å². The molecule has 0 fully saturated rings. The maximum atomic E-state index is 13.0. The molecule has 1 atom stereocenters. The lowest BCUT2D eigenvalue weighted by Gasteiger charge is -2.31. The van der Waals surface area contributed by atoms with E-state index in [2.05, 4.69) is 33.1 Å². The summed E-state index contributed by atoms with van der Waals surface area (Å²) in [5, 5.41) is 10.7. The zero-order valence-corrected chi connectivity index (χ0v) is 19.8. The van der Waals surface area contributed by atoms with E-state index in [1.54, 1.807) is 49.3 Å². The summed E-state index contributed by atoms with van der Waals surface area (Å²) in [7, 11) is 3.36. The standard InChI is InChI=1S/C26H28N6O3/c1-29-12-20(7-8-25(29)34)22-16-32-17-23(28-24(32)11-27-22)26(35)30(2)14-21(33)15-31-10-9-18-5-3-4-6-19(18)13-31/h3-8,11-12,16-17,21,33H,9-10,13-15H2,1-2H3/t21-/m0/s1.